The lowest BCUT2D eigenvalue weighted by molar-refractivity contribution is 0.627. The van der Waals surface area contributed by atoms with E-state index >= 15 is 0 Å². The second kappa shape index (κ2) is 7.40. The number of benzene rings is 2. The first kappa shape index (κ1) is 16.5. The summed E-state index contributed by atoms with van der Waals surface area (Å²) in [5, 5.41) is 0. The van der Waals surface area contributed by atoms with Gasteiger partial charge in [-0.25, -0.2) is 8.78 Å². The van der Waals surface area contributed by atoms with E-state index in [0.29, 0.717) is 11.1 Å². The maximum atomic E-state index is 12.9. The third-order valence-electron chi connectivity index (χ3n) is 3.16. The topological polar surface area (TPSA) is 0 Å². The number of rotatable bonds is 2. The largest absolute Gasteiger partial charge is 0.261 e. The van der Waals surface area contributed by atoms with Crippen LogP contribution in [0.2, 0.25) is 0 Å². The molecular formula is C20H14F2Si. The third-order valence-corrected chi connectivity index (χ3v) is 5.52. The maximum absolute atomic E-state index is 12.9. The first-order valence-corrected chi connectivity index (χ1v) is 9.07. The zero-order chi connectivity index (χ0) is 16.7. The van der Waals surface area contributed by atoms with Crippen LogP contribution in [0.1, 0.15) is 11.1 Å². The van der Waals surface area contributed by atoms with E-state index in [1.165, 1.54) is 24.3 Å². The van der Waals surface area contributed by atoms with Gasteiger partial charge in [-0.1, -0.05) is 23.2 Å². The van der Waals surface area contributed by atoms with Gasteiger partial charge in [0.1, 0.15) is 11.6 Å². The molecule has 0 heterocycles. The van der Waals surface area contributed by atoms with Crippen molar-refractivity contribution in [1.82, 2.24) is 0 Å². The lowest BCUT2D eigenvalue weighted by Crippen LogP contribution is -2.26. The standard InChI is InChI=1S/C20H14F2Si/c1-3-23(4-2,15-13-17-5-9-19(21)10-6-17)16-14-18-7-11-20(22)12-8-18/h3-12H,1-2H2. The van der Waals surface area contributed by atoms with Crippen molar-refractivity contribution in [3.8, 4) is 22.9 Å². The predicted molar refractivity (Wildman–Crippen MR) is 92.7 cm³/mol. The van der Waals surface area contributed by atoms with Crippen LogP contribution in [-0.4, -0.2) is 8.07 Å². The van der Waals surface area contributed by atoms with E-state index in [1.54, 1.807) is 35.7 Å². The zero-order valence-corrected chi connectivity index (χ0v) is 13.4. The molecular weight excluding hydrogens is 306 g/mol. The Bertz CT molecular complexity index is 752. The molecule has 0 saturated heterocycles. The smallest absolute Gasteiger partial charge is 0.207 e. The molecule has 0 saturated carbocycles. The molecule has 2 rings (SSSR count). The van der Waals surface area contributed by atoms with Crippen LogP contribution in [-0.2, 0) is 0 Å². The normalized spacial score (nSPS) is 9.83. The summed E-state index contributed by atoms with van der Waals surface area (Å²) >= 11 is 0. The molecule has 0 unspecified atom stereocenters. The van der Waals surface area contributed by atoms with Crippen LogP contribution < -0.4 is 0 Å². The van der Waals surface area contributed by atoms with Gasteiger partial charge in [-0.05, 0) is 48.5 Å². The fourth-order valence-electron chi connectivity index (χ4n) is 1.74. The van der Waals surface area contributed by atoms with E-state index in [2.05, 4.69) is 36.1 Å². The average molecular weight is 320 g/mol. The Morgan fingerprint density at radius 2 is 1.04 bits per heavy atom. The average Bonchev–Trinajstić information content (AvgIpc) is 2.59. The lowest BCUT2D eigenvalue weighted by atomic mass is 10.2. The van der Waals surface area contributed by atoms with Crippen molar-refractivity contribution in [3.63, 3.8) is 0 Å². The molecule has 2 aromatic carbocycles. The second-order valence-corrected chi connectivity index (χ2v) is 7.85. The lowest BCUT2D eigenvalue weighted by Gasteiger charge is -2.07. The van der Waals surface area contributed by atoms with Crippen LogP contribution in [0.5, 0.6) is 0 Å². The minimum atomic E-state index is -2.52. The molecule has 112 valence electrons. The van der Waals surface area contributed by atoms with Crippen molar-refractivity contribution in [3.05, 3.63) is 95.8 Å². The highest BCUT2D eigenvalue weighted by atomic mass is 28.3. The summed E-state index contributed by atoms with van der Waals surface area (Å²) in [7, 11) is -2.52. The summed E-state index contributed by atoms with van der Waals surface area (Å²) in [4.78, 5) is 0. The van der Waals surface area contributed by atoms with E-state index in [0.717, 1.165) is 0 Å². The highest BCUT2D eigenvalue weighted by Gasteiger charge is 2.20. The van der Waals surface area contributed by atoms with Gasteiger partial charge in [0.05, 0.1) is 0 Å². The third kappa shape index (κ3) is 4.54. The minimum absolute atomic E-state index is 0.303. The molecule has 3 heteroatoms. The highest BCUT2D eigenvalue weighted by Crippen LogP contribution is 2.07. The van der Waals surface area contributed by atoms with Crippen LogP contribution in [0.4, 0.5) is 8.78 Å². The summed E-state index contributed by atoms with van der Waals surface area (Å²) in [6, 6.07) is 11.9. The van der Waals surface area contributed by atoms with Crippen LogP contribution >= 0.6 is 0 Å². The molecule has 0 N–H and O–H groups in total. The highest BCUT2D eigenvalue weighted by molar-refractivity contribution is 7.02. The Balaban J connectivity index is 2.33. The van der Waals surface area contributed by atoms with Crippen molar-refractivity contribution in [1.29, 1.82) is 0 Å². The van der Waals surface area contributed by atoms with E-state index in [4.69, 9.17) is 0 Å². The van der Waals surface area contributed by atoms with Crippen molar-refractivity contribution in [2.75, 3.05) is 0 Å². The molecule has 0 aliphatic rings. The van der Waals surface area contributed by atoms with Gasteiger partial charge in [-0.2, -0.15) is 0 Å². The van der Waals surface area contributed by atoms with E-state index in [9.17, 15) is 8.78 Å². The van der Waals surface area contributed by atoms with Gasteiger partial charge in [0, 0.05) is 11.1 Å². The Morgan fingerprint density at radius 3 is 1.35 bits per heavy atom. The van der Waals surface area contributed by atoms with Crippen LogP contribution in [0, 0.1) is 34.6 Å². The predicted octanol–water partition coefficient (Wildman–Crippen LogP) is 4.35. The summed E-state index contributed by atoms with van der Waals surface area (Å²) in [5.41, 5.74) is 11.1. The molecule has 0 spiro atoms. The molecule has 0 aliphatic carbocycles. The van der Waals surface area contributed by atoms with Crippen molar-refractivity contribution < 1.29 is 8.78 Å². The SMILES string of the molecule is C=C[Si](C#Cc1ccc(F)cc1)(C#Cc1ccc(F)cc1)C=C. The van der Waals surface area contributed by atoms with Gasteiger partial charge in [0.25, 0.3) is 8.07 Å². The first-order chi connectivity index (χ1) is 11.1. The molecule has 0 nitrogen and oxygen atoms in total. The Hall–Kier alpha value is -2.88. The summed E-state index contributed by atoms with van der Waals surface area (Å²) in [5.74, 6) is 5.39. The molecule has 2 aromatic rings. The zero-order valence-electron chi connectivity index (χ0n) is 12.4. The second-order valence-electron chi connectivity index (χ2n) is 4.79. The number of halogens is 2. The Labute approximate surface area is 136 Å². The maximum Gasteiger partial charge on any atom is 0.261 e. The van der Waals surface area contributed by atoms with Crippen molar-refractivity contribution >= 4 is 8.07 Å². The van der Waals surface area contributed by atoms with E-state index in [-0.39, 0.29) is 11.6 Å². The Kier molecular flexibility index (Phi) is 5.31. The molecule has 0 fully saturated rings. The monoisotopic (exact) mass is 320 g/mol. The summed E-state index contributed by atoms with van der Waals surface area (Å²) in [6.45, 7) is 7.64. The molecule has 0 bridgehead atoms. The summed E-state index contributed by atoms with van der Waals surface area (Å²) in [6.07, 6.45) is 0. The molecule has 0 aromatic heterocycles. The van der Waals surface area contributed by atoms with Crippen LogP contribution in [0.3, 0.4) is 0 Å². The molecule has 0 atom stereocenters. The fourth-order valence-corrected chi connectivity index (χ4v) is 3.08. The molecule has 23 heavy (non-hydrogen) atoms. The Morgan fingerprint density at radius 1 is 0.696 bits per heavy atom. The van der Waals surface area contributed by atoms with Gasteiger partial charge in [0.15, 0.2) is 0 Å². The van der Waals surface area contributed by atoms with E-state index < -0.39 is 8.07 Å². The van der Waals surface area contributed by atoms with Gasteiger partial charge in [0.2, 0.25) is 0 Å². The van der Waals surface area contributed by atoms with Crippen molar-refractivity contribution in [2.45, 2.75) is 0 Å². The van der Waals surface area contributed by atoms with Gasteiger partial charge >= 0.3 is 0 Å². The van der Waals surface area contributed by atoms with Gasteiger partial charge in [-0.15, -0.1) is 24.2 Å². The molecule has 0 aliphatic heterocycles. The molecule has 0 radical (unpaired) electrons. The minimum Gasteiger partial charge on any atom is -0.207 e. The number of hydrogen-bond acceptors (Lipinski definition) is 0. The van der Waals surface area contributed by atoms with Crippen LogP contribution in [0.25, 0.3) is 0 Å². The van der Waals surface area contributed by atoms with E-state index in [1.807, 2.05) is 0 Å². The summed E-state index contributed by atoms with van der Waals surface area (Å²) < 4.78 is 25.8. The van der Waals surface area contributed by atoms with Crippen LogP contribution in [0.15, 0.2) is 73.1 Å². The molecule has 0 amide bonds. The fraction of sp³-hybridized carbons (Fsp3) is 0. The quantitative estimate of drug-likeness (QED) is 0.570. The number of hydrogen-bond donors (Lipinski definition) is 0. The van der Waals surface area contributed by atoms with Gasteiger partial charge < -0.3 is 0 Å². The first-order valence-electron chi connectivity index (χ1n) is 6.91. The van der Waals surface area contributed by atoms with Crippen molar-refractivity contribution in [2.24, 2.45) is 0 Å². The van der Waals surface area contributed by atoms with Gasteiger partial charge in [-0.3, -0.25) is 0 Å².